The van der Waals surface area contributed by atoms with E-state index in [2.05, 4.69) is 0 Å². The number of nitrogens with zero attached hydrogens (tertiary/aromatic N) is 1. The lowest BCUT2D eigenvalue weighted by Crippen LogP contribution is -2.28. The average molecular weight is 287 g/mol. The molecule has 0 saturated heterocycles. The second-order valence-corrected chi connectivity index (χ2v) is 4.65. The van der Waals surface area contributed by atoms with Gasteiger partial charge in [-0.3, -0.25) is 4.79 Å². The molecule has 0 aliphatic carbocycles. The first-order chi connectivity index (χ1) is 10.1. The van der Waals surface area contributed by atoms with E-state index in [1.165, 1.54) is 10.6 Å². The molecule has 21 heavy (non-hydrogen) atoms. The SMILES string of the molecule is CCC(C(=O)O)n1cc(-c2ccc(OC)cc2)ccc1=O. The van der Waals surface area contributed by atoms with Crippen LogP contribution in [0.3, 0.4) is 0 Å². The van der Waals surface area contributed by atoms with Gasteiger partial charge >= 0.3 is 5.97 Å². The van der Waals surface area contributed by atoms with Crippen molar-refractivity contribution < 1.29 is 14.6 Å². The van der Waals surface area contributed by atoms with Crippen molar-refractivity contribution in [3.8, 4) is 16.9 Å². The number of aromatic nitrogens is 1. The quantitative estimate of drug-likeness (QED) is 0.917. The summed E-state index contributed by atoms with van der Waals surface area (Å²) in [5, 5.41) is 9.20. The van der Waals surface area contributed by atoms with Crippen LogP contribution in [0, 0.1) is 0 Å². The highest BCUT2D eigenvalue weighted by Crippen LogP contribution is 2.22. The van der Waals surface area contributed by atoms with Crippen molar-refractivity contribution in [2.45, 2.75) is 19.4 Å². The van der Waals surface area contributed by atoms with E-state index in [4.69, 9.17) is 4.74 Å². The molecule has 1 aromatic carbocycles. The Balaban J connectivity index is 2.46. The summed E-state index contributed by atoms with van der Waals surface area (Å²) in [6.45, 7) is 1.74. The third kappa shape index (κ3) is 3.13. The monoisotopic (exact) mass is 287 g/mol. The van der Waals surface area contributed by atoms with Gasteiger partial charge in [0.2, 0.25) is 0 Å². The van der Waals surface area contributed by atoms with Crippen molar-refractivity contribution in [1.82, 2.24) is 4.57 Å². The summed E-state index contributed by atoms with van der Waals surface area (Å²) >= 11 is 0. The second kappa shape index (κ2) is 6.26. The van der Waals surface area contributed by atoms with E-state index in [-0.39, 0.29) is 5.56 Å². The summed E-state index contributed by atoms with van der Waals surface area (Å²) in [4.78, 5) is 23.1. The van der Waals surface area contributed by atoms with Gasteiger partial charge in [-0.15, -0.1) is 0 Å². The Kier molecular flexibility index (Phi) is 4.42. The zero-order valence-corrected chi connectivity index (χ0v) is 11.9. The number of rotatable bonds is 5. The molecule has 0 spiro atoms. The molecular weight excluding hydrogens is 270 g/mol. The fraction of sp³-hybridized carbons (Fsp3) is 0.250. The summed E-state index contributed by atoms with van der Waals surface area (Å²) in [6, 6.07) is 9.60. The van der Waals surface area contributed by atoms with Gasteiger partial charge in [0, 0.05) is 12.3 Å². The van der Waals surface area contributed by atoms with Crippen LogP contribution >= 0.6 is 0 Å². The third-order valence-corrected chi connectivity index (χ3v) is 3.37. The van der Waals surface area contributed by atoms with Crippen molar-refractivity contribution in [2.24, 2.45) is 0 Å². The summed E-state index contributed by atoms with van der Waals surface area (Å²) < 4.78 is 6.37. The Labute approximate surface area is 122 Å². The number of pyridine rings is 1. The molecule has 0 aliphatic heterocycles. The number of methoxy groups -OCH3 is 1. The Hall–Kier alpha value is -2.56. The van der Waals surface area contributed by atoms with Gasteiger partial charge in [0.05, 0.1) is 7.11 Å². The van der Waals surface area contributed by atoms with Gasteiger partial charge in [-0.05, 0) is 35.7 Å². The van der Waals surface area contributed by atoms with E-state index in [9.17, 15) is 14.7 Å². The van der Waals surface area contributed by atoms with Gasteiger partial charge < -0.3 is 14.4 Å². The highest BCUT2D eigenvalue weighted by atomic mass is 16.5. The normalized spacial score (nSPS) is 11.9. The minimum atomic E-state index is -1.01. The maximum absolute atomic E-state index is 11.9. The summed E-state index contributed by atoms with van der Waals surface area (Å²) in [7, 11) is 1.59. The molecule has 1 unspecified atom stereocenters. The number of carboxylic acids is 1. The molecule has 2 rings (SSSR count). The van der Waals surface area contributed by atoms with Crippen LogP contribution in [0.15, 0.2) is 47.4 Å². The fourth-order valence-corrected chi connectivity index (χ4v) is 2.19. The smallest absolute Gasteiger partial charge is 0.326 e. The number of carbonyl (C=O) groups is 1. The number of hydrogen-bond acceptors (Lipinski definition) is 3. The van der Waals surface area contributed by atoms with Crippen LogP contribution in [-0.4, -0.2) is 22.8 Å². The molecular formula is C16H17NO4. The molecule has 0 amide bonds. The number of ether oxygens (including phenoxy) is 1. The van der Waals surface area contributed by atoms with E-state index in [1.54, 1.807) is 26.3 Å². The van der Waals surface area contributed by atoms with Crippen LogP contribution in [0.25, 0.3) is 11.1 Å². The molecule has 5 nitrogen and oxygen atoms in total. The zero-order valence-electron chi connectivity index (χ0n) is 11.9. The minimum Gasteiger partial charge on any atom is -0.497 e. The van der Waals surface area contributed by atoms with Crippen LogP contribution in [-0.2, 0) is 4.79 Å². The number of hydrogen-bond donors (Lipinski definition) is 1. The van der Waals surface area contributed by atoms with Gasteiger partial charge in [0.25, 0.3) is 5.56 Å². The van der Waals surface area contributed by atoms with Gasteiger partial charge in [-0.1, -0.05) is 19.1 Å². The van der Waals surface area contributed by atoms with Crippen LogP contribution in [0.4, 0.5) is 0 Å². The standard InChI is InChI=1S/C16H17NO4/c1-3-14(16(19)20)17-10-12(6-9-15(17)18)11-4-7-13(21-2)8-5-11/h4-10,14H,3H2,1-2H3,(H,19,20). The molecule has 1 atom stereocenters. The Morgan fingerprint density at radius 3 is 2.33 bits per heavy atom. The van der Waals surface area contributed by atoms with E-state index >= 15 is 0 Å². The highest BCUT2D eigenvalue weighted by Gasteiger charge is 2.18. The Bertz CT molecular complexity index is 688. The largest absolute Gasteiger partial charge is 0.497 e. The van der Waals surface area contributed by atoms with E-state index in [1.807, 2.05) is 24.3 Å². The van der Waals surface area contributed by atoms with Crippen molar-refractivity contribution in [3.63, 3.8) is 0 Å². The summed E-state index contributed by atoms with van der Waals surface area (Å²) in [6.07, 6.45) is 1.94. The van der Waals surface area contributed by atoms with Gasteiger partial charge in [-0.2, -0.15) is 0 Å². The van der Waals surface area contributed by atoms with E-state index in [0.717, 1.165) is 16.9 Å². The highest BCUT2D eigenvalue weighted by molar-refractivity contribution is 5.72. The molecule has 2 aromatic rings. The predicted octanol–water partition coefficient (Wildman–Crippen LogP) is 2.56. The molecule has 1 heterocycles. The van der Waals surface area contributed by atoms with E-state index in [0.29, 0.717) is 6.42 Å². The summed E-state index contributed by atoms with van der Waals surface area (Å²) in [5.74, 6) is -0.268. The lowest BCUT2D eigenvalue weighted by Gasteiger charge is -2.15. The predicted molar refractivity (Wildman–Crippen MR) is 79.7 cm³/mol. The average Bonchev–Trinajstić information content (AvgIpc) is 2.49. The van der Waals surface area contributed by atoms with Crippen molar-refractivity contribution in [3.05, 3.63) is 52.9 Å². The van der Waals surface area contributed by atoms with Crippen molar-refractivity contribution >= 4 is 5.97 Å². The second-order valence-electron chi connectivity index (χ2n) is 4.65. The first-order valence-corrected chi connectivity index (χ1v) is 6.66. The van der Waals surface area contributed by atoms with Crippen molar-refractivity contribution in [1.29, 1.82) is 0 Å². The Morgan fingerprint density at radius 2 is 1.81 bits per heavy atom. The van der Waals surface area contributed by atoms with Crippen LogP contribution in [0.1, 0.15) is 19.4 Å². The van der Waals surface area contributed by atoms with Crippen molar-refractivity contribution in [2.75, 3.05) is 7.11 Å². The molecule has 0 saturated carbocycles. The fourth-order valence-electron chi connectivity index (χ4n) is 2.19. The van der Waals surface area contributed by atoms with Crippen LogP contribution in [0.2, 0.25) is 0 Å². The molecule has 110 valence electrons. The molecule has 5 heteroatoms. The molecule has 1 aromatic heterocycles. The van der Waals surface area contributed by atoms with E-state index < -0.39 is 12.0 Å². The molecule has 1 N–H and O–H groups in total. The zero-order chi connectivity index (χ0) is 15.4. The van der Waals surface area contributed by atoms with Crippen LogP contribution < -0.4 is 10.3 Å². The van der Waals surface area contributed by atoms with Gasteiger partial charge in [0.15, 0.2) is 0 Å². The minimum absolute atomic E-state index is 0.318. The first-order valence-electron chi connectivity index (χ1n) is 6.66. The lowest BCUT2D eigenvalue weighted by atomic mass is 10.1. The first kappa shape index (κ1) is 14.8. The number of benzene rings is 1. The molecule has 0 bridgehead atoms. The topological polar surface area (TPSA) is 68.5 Å². The molecule has 0 fully saturated rings. The van der Waals surface area contributed by atoms with Gasteiger partial charge in [-0.25, -0.2) is 4.79 Å². The molecule has 0 radical (unpaired) electrons. The molecule has 0 aliphatic rings. The number of aliphatic carboxylic acids is 1. The van der Waals surface area contributed by atoms with Crippen LogP contribution in [0.5, 0.6) is 5.75 Å². The maximum Gasteiger partial charge on any atom is 0.326 e. The number of carboxylic acid groups (broad SMARTS) is 1. The van der Waals surface area contributed by atoms with Gasteiger partial charge in [0.1, 0.15) is 11.8 Å². The lowest BCUT2D eigenvalue weighted by molar-refractivity contribution is -0.141. The Morgan fingerprint density at radius 1 is 1.19 bits per heavy atom. The third-order valence-electron chi connectivity index (χ3n) is 3.37. The summed E-state index contributed by atoms with van der Waals surface area (Å²) in [5.41, 5.74) is 1.36. The maximum atomic E-state index is 11.9.